The molecule has 218 valence electrons. The SMILES string of the molecule is Cc1cc(C(=O)c2ccccc2)cc2c1-c1c(C)c3c(c(C)c1C2(C)C)-c1c(C)cc(C(=O)c2ccccc2)cc1C3(C)C. The van der Waals surface area contributed by atoms with E-state index in [4.69, 9.17) is 0 Å². The summed E-state index contributed by atoms with van der Waals surface area (Å²) in [7, 11) is 0. The Bertz CT molecular complexity index is 1910. The van der Waals surface area contributed by atoms with Gasteiger partial charge in [0.2, 0.25) is 0 Å². The van der Waals surface area contributed by atoms with Crippen molar-refractivity contribution in [1.82, 2.24) is 0 Å². The molecule has 0 saturated carbocycles. The molecule has 7 rings (SSSR count). The predicted octanol–water partition coefficient (Wildman–Crippen LogP) is 9.99. The van der Waals surface area contributed by atoms with E-state index >= 15 is 0 Å². The fraction of sp³-hybridized carbons (Fsp3) is 0.238. The average molecular weight is 575 g/mol. The van der Waals surface area contributed by atoms with Crippen molar-refractivity contribution >= 4 is 11.6 Å². The fourth-order valence-corrected chi connectivity index (χ4v) is 8.46. The third-order valence-electron chi connectivity index (χ3n) is 10.4. The summed E-state index contributed by atoms with van der Waals surface area (Å²) in [6.45, 7) is 18.1. The first-order valence-corrected chi connectivity index (χ1v) is 15.5. The Kier molecular flexibility index (Phi) is 6.07. The highest BCUT2D eigenvalue weighted by atomic mass is 16.1. The topological polar surface area (TPSA) is 34.1 Å². The number of benzene rings is 5. The van der Waals surface area contributed by atoms with Crippen LogP contribution in [0.2, 0.25) is 0 Å². The molecule has 0 spiro atoms. The van der Waals surface area contributed by atoms with Crippen LogP contribution in [0.25, 0.3) is 22.3 Å². The minimum atomic E-state index is -0.281. The molecule has 2 nitrogen and oxygen atoms in total. The van der Waals surface area contributed by atoms with Crippen molar-refractivity contribution in [1.29, 1.82) is 0 Å². The van der Waals surface area contributed by atoms with E-state index in [1.807, 2.05) is 60.7 Å². The Hall–Kier alpha value is -4.56. The number of carbonyl (C=O) groups excluding carboxylic acids is 2. The van der Waals surface area contributed by atoms with Crippen molar-refractivity contribution in [3.8, 4) is 22.3 Å². The number of ketones is 2. The van der Waals surface area contributed by atoms with Crippen molar-refractivity contribution in [2.24, 2.45) is 0 Å². The van der Waals surface area contributed by atoms with Crippen LogP contribution in [0.15, 0.2) is 84.9 Å². The Balaban J connectivity index is 1.44. The molecule has 0 amide bonds. The number of hydrogen-bond donors (Lipinski definition) is 0. The van der Waals surface area contributed by atoms with E-state index < -0.39 is 0 Å². The van der Waals surface area contributed by atoms with Gasteiger partial charge in [0.1, 0.15) is 0 Å². The van der Waals surface area contributed by atoms with E-state index in [2.05, 4.69) is 79.7 Å². The lowest BCUT2D eigenvalue weighted by molar-refractivity contribution is 0.103. The van der Waals surface area contributed by atoms with E-state index in [1.54, 1.807) is 0 Å². The number of hydrogen-bond acceptors (Lipinski definition) is 2. The molecule has 2 heteroatoms. The van der Waals surface area contributed by atoms with E-state index in [9.17, 15) is 9.59 Å². The lowest BCUT2D eigenvalue weighted by atomic mass is 9.74. The number of aryl methyl sites for hydroxylation is 2. The summed E-state index contributed by atoms with van der Waals surface area (Å²) in [5.41, 5.74) is 17.5. The smallest absolute Gasteiger partial charge is 0.193 e. The maximum atomic E-state index is 13.6. The molecule has 5 aromatic rings. The van der Waals surface area contributed by atoms with Gasteiger partial charge in [0.25, 0.3) is 0 Å². The Morgan fingerprint density at radius 1 is 0.455 bits per heavy atom. The van der Waals surface area contributed by atoms with Gasteiger partial charge in [-0.3, -0.25) is 9.59 Å². The van der Waals surface area contributed by atoms with Crippen LogP contribution < -0.4 is 0 Å². The second kappa shape index (κ2) is 9.47. The predicted molar refractivity (Wildman–Crippen MR) is 180 cm³/mol. The van der Waals surface area contributed by atoms with Crippen molar-refractivity contribution < 1.29 is 9.59 Å². The van der Waals surface area contributed by atoms with Gasteiger partial charge in [0, 0.05) is 33.1 Å². The first kappa shape index (κ1) is 28.2. The molecule has 0 heterocycles. The molecule has 0 unspecified atom stereocenters. The molecule has 0 radical (unpaired) electrons. The molecule has 2 aliphatic rings. The maximum Gasteiger partial charge on any atom is 0.193 e. The number of carbonyl (C=O) groups is 2. The van der Waals surface area contributed by atoms with Gasteiger partial charge < -0.3 is 0 Å². The van der Waals surface area contributed by atoms with E-state index in [0.29, 0.717) is 11.1 Å². The molecule has 5 aromatic carbocycles. The van der Waals surface area contributed by atoms with Crippen LogP contribution in [0.4, 0.5) is 0 Å². The second-order valence-electron chi connectivity index (χ2n) is 13.8. The van der Waals surface area contributed by atoms with Crippen molar-refractivity contribution in [3.63, 3.8) is 0 Å². The van der Waals surface area contributed by atoms with Gasteiger partial charge in [-0.05, 0) is 119 Å². The van der Waals surface area contributed by atoms with Crippen LogP contribution in [0.3, 0.4) is 0 Å². The molecule has 0 bridgehead atoms. The van der Waals surface area contributed by atoms with Gasteiger partial charge in [0.05, 0.1) is 0 Å². The van der Waals surface area contributed by atoms with Crippen molar-refractivity contribution in [3.05, 3.63) is 152 Å². The van der Waals surface area contributed by atoms with E-state index in [-0.39, 0.29) is 22.4 Å². The zero-order valence-electron chi connectivity index (χ0n) is 26.9. The first-order valence-electron chi connectivity index (χ1n) is 15.5. The number of fused-ring (bicyclic) bond motifs is 6. The van der Waals surface area contributed by atoms with Crippen LogP contribution in [-0.2, 0) is 10.8 Å². The molecule has 0 N–H and O–H groups in total. The van der Waals surface area contributed by atoms with Crippen LogP contribution in [-0.4, -0.2) is 11.6 Å². The third-order valence-corrected chi connectivity index (χ3v) is 10.4. The van der Waals surface area contributed by atoms with Gasteiger partial charge in [-0.25, -0.2) is 0 Å². The molecule has 0 fully saturated rings. The number of rotatable bonds is 4. The van der Waals surface area contributed by atoms with Gasteiger partial charge in [-0.2, -0.15) is 0 Å². The van der Waals surface area contributed by atoms with Crippen molar-refractivity contribution in [2.75, 3.05) is 0 Å². The Morgan fingerprint density at radius 2 is 0.795 bits per heavy atom. The summed E-state index contributed by atoms with van der Waals surface area (Å²) >= 11 is 0. The average Bonchev–Trinajstić information content (AvgIpc) is 3.41. The highest BCUT2D eigenvalue weighted by Gasteiger charge is 2.46. The quantitative estimate of drug-likeness (QED) is 0.200. The van der Waals surface area contributed by atoms with Gasteiger partial charge in [-0.1, -0.05) is 88.4 Å². The standard InChI is InChI=1S/C42H38O2/c1-23-19-29(39(43)27-15-11-9-12-16-27)21-31-33(23)35-25(3)38-36(26(4)37(35)41(31,5)6)34-24(2)20-30(22-32(34)42(38,7)8)40(44)28-17-13-10-14-18-28/h9-22H,1-8H3. The summed E-state index contributed by atoms with van der Waals surface area (Å²) in [5.74, 6) is 0.122. The maximum absolute atomic E-state index is 13.6. The lowest BCUT2D eigenvalue weighted by Gasteiger charge is -2.29. The summed E-state index contributed by atoms with van der Waals surface area (Å²) in [6.07, 6.45) is 0. The molecule has 0 aromatic heterocycles. The summed E-state index contributed by atoms with van der Waals surface area (Å²) in [6, 6.07) is 27.6. The largest absolute Gasteiger partial charge is 0.289 e. The highest BCUT2D eigenvalue weighted by molar-refractivity contribution is 6.11. The zero-order valence-corrected chi connectivity index (χ0v) is 26.9. The summed E-state index contributed by atoms with van der Waals surface area (Å²) in [4.78, 5) is 27.2. The van der Waals surface area contributed by atoms with Gasteiger partial charge in [-0.15, -0.1) is 0 Å². The van der Waals surface area contributed by atoms with E-state index in [1.165, 1.54) is 55.6 Å². The minimum Gasteiger partial charge on any atom is -0.289 e. The van der Waals surface area contributed by atoms with Crippen LogP contribution in [0.5, 0.6) is 0 Å². The molecule has 0 atom stereocenters. The molecule has 0 aliphatic heterocycles. The van der Waals surface area contributed by atoms with Crippen LogP contribution in [0.1, 0.15) is 104 Å². The Labute approximate surface area is 260 Å². The van der Waals surface area contributed by atoms with Gasteiger partial charge >= 0.3 is 0 Å². The van der Waals surface area contributed by atoms with E-state index in [0.717, 1.165) is 22.3 Å². The van der Waals surface area contributed by atoms with Crippen LogP contribution >= 0.6 is 0 Å². The summed E-state index contributed by atoms with van der Waals surface area (Å²) < 4.78 is 0. The van der Waals surface area contributed by atoms with Crippen LogP contribution in [0, 0.1) is 27.7 Å². The molecule has 2 aliphatic carbocycles. The molecule has 0 saturated heterocycles. The monoisotopic (exact) mass is 574 g/mol. The minimum absolute atomic E-state index is 0.0609. The molecular weight excluding hydrogens is 536 g/mol. The highest BCUT2D eigenvalue weighted by Crippen LogP contribution is 2.61. The molecular formula is C42H38O2. The zero-order chi connectivity index (χ0) is 31.3. The molecule has 44 heavy (non-hydrogen) atoms. The van der Waals surface area contributed by atoms with Crippen molar-refractivity contribution in [2.45, 2.75) is 66.2 Å². The lowest BCUT2D eigenvalue weighted by Crippen LogP contribution is -2.20. The first-order chi connectivity index (χ1) is 20.9. The fourth-order valence-electron chi connectivity index (χ4n) is 8.46. The third kappa shape index (κ3) is 3.73. The normalized spacial score (nSPS) is 14.9. The summed E-state index contributed by atoms with van der Waals surface area (Å²) in [5, 5.41) is 0. The Morgan fingerprint density at radius 3 is 1.14 bits per heavy atom. The second-order valence-corrected chi connectivity index (χ2v) is 13.8. The van der Waals surface area contributed by atoms with Gasteiger partial charge in [0.15, 0.2) is 11.6 Å².